The predicted molar refractivity (Wildman–Crippen MR) is 121 cm³/mol. The highest BCUT2D eigenvalue weighted by Gasteiger charge is 2.33. The fourth-order valence-electron chi connectivity index (χ4n) is 3.96. The zero-order valence-corrected chi connectivity index (χ0v) is 19.7. The zero-order chi connectivity index (χ0) is 22.4. The Morgan fingerprint density at radius 2 is 1.77 bits per heavy atom. The first-order valence-corrected chi connectivity index (χ1v) is 12.8. The molecule has 0 radical (unpaired) electrons. The molecule has 1 aromatic rings. The molecule has 0 saturated heterocycles. The van der Waals surface area contributed by atoms with E-state index in [9.17, 15) is 18.5 Å². The molecular weight excluding hydrogens is 402 g/mol. The van der Waals surface area contributed by atoms with E-state index >= 15 is 0 Å². The molecule has 1 aliphatic carbocycles. The summed E-state index contributed by atoms with van der Waals surface area (Å²) < 4.78 is 29.8. The molecule has 1 saturated carbocycles. The van der Waals surface area contributed by atoms with Crippen LogP contribution in [0.2, 0.25) is 0 Å². The van der Waals surface area contributed by atoms with Crippen molar-refractivity contribution in [2.45, 2.75) is 83.8 Å². The van der Waals surface area contributed by atoms with Gasteiger partial charge in [-0.05, 0) is 76.8 Å². The van der Waals surface area contributed by atoms with Gasteiger partial charge in [-0.3, -0.25) is 10.1 Å². The Kier molecular flexibility index (Phi) is 8.71. The minimum absolute atomic E-state index is 0.133. The van der Waals surface area contributed by atoms with E-state index < -0.39 is 14.6 Å². The lowest BCUT2D eigenvalue weighted by Gasteiger charge is -2.30. The van der Waals surface area contributed by atoms with Crippen molar-refractivity contribution in [3.05, 3.63) is 33.9 Å². The van der Waals surface area contributed by atoms with E-state index in [1.54, 1.807) is 26.8 Å². The minimum Gasteiger partial charge on any atom is -0.493 e. The molecule has 0 heterocycles. The highest BCUT2D eigenvalue weighted by molar-refractivity contribution is 7.92. The largest absolute Gasteiger partial charge is 0.493 e. The Labute approximate surface area is 181 Å². The van der Waals surface area contributed by atoms with Crippen LogP contribution >= 0.6 is 0 Å². The molecule has 0 unspecified atom stereocenters. The molecule has 0 amide bonds. The standard InChI is InChI=1S/C23H37NO5S/c1-5-6-15-29-21-14-13-20(22(16-21)24(25)26)12-11-18-7-9-19(10-8-18)17-30(27,28)23(2,3)4/h13-14,16,18-19H,5-12,15,17H2,1-4H3. The number of hydrogen-bond acceptors (Lipinski definition) is 5. The maximum atomic E-state index is 12.5. The summed E-state index contributed by atoms with van der Waals surface area (Å²) >= 11 is 0. The van der Waals surface area contributed by atoms with Crippen LogP contribution in [0.1, 0.15) is 78.2 Å². The summed E-state index contributed by atoms with van der Waals surface area (Å²) in [6, 6.07) is 5.19. The van der Waals surface area contributed by atoms with E-state index in [1.165, 1.54) is 0 Å². The second-order valence-corrected chi connectivity index (χ2v) is 12.4. The van der Waals surface area contributed by atoms with Gasteiger partial charge in [-0.2, -0.15) is 0 Å². The fraction of sp³-hybridized carbons (Fsp3) is 0.739. The number of ether oxygens (including phenoxy) is 1. The smallest absolute Gasteiger partial charge is 0.276 e. The number of nitrogens with zero attached hydrogens (tertiary/aromatic N) is 1. The van der Waals surface area contributed by atoms with Crippen LogP contribution in [0.4, 0.5) is 5.69 Å². The van der Waals surface area contributed by atoms with Gasteiger partial charge in [0.1, 0.15) is 5.75 Å². The Balaban J connectivity index is 1.88. The maximum Gasteiger partial charge on any atom is 0.276 e. The van der Waals surface area contributed by atoms with Gasteiger partial charge in [-0.1, -0.05) is 26.2 Å². The third kappa shape index (κ3) is 6.96. The van der Waals surface area contributed by atoms with Crippen molar-refractivity contribution < 1.29 is 18.1 Å². The van der Waals surface area contributed by atoms with Crippen LogP contribution in [0, 0.1) is 22.0 Å². The van der Waals surface area contributed by atoms with Crippen LogP contribution < -0.4 is 4.74 Å². The van der Waals surface area contributed by atoms with Crippen molar-refractivity contribution in [1.82, 2.24) is 0 Å². The molecule has 7 heteroatoms. The van der Waals surface area contributed by atoms with Gasteiger partial charge >= 0.3 is 0 Å². The SMILES string of the molecule is CCCCOc1ccc(CCC2CCC(CS(=O)(=O)C(C)(C)C)CC2)c([N+](=O)[O-])c1. The van der Waals surface area contributed by atoms with Crippen LogP contribution in [0.25, 0.3) is 0 Å². The van der Waals surface area contributed by atoms with Crippen LogP contribution in [-0.4, -0.2) is 30.4 Å². The quantitative estimate of drug-likeness (QED) is 0.264. The van der Waals surface area contributed by atoms with Crippen molar-refractivity contribution in [2.24, 2.45) is 11.8 Å². The summed E-state index contributed by atoms with van der Waals surface area (Å²) in [5.74, 6) is 1.56. The summed E-state index contributed by atoms with van der Waals surface area (Å²) in [7, 11) is -3.08. The second-order valence-electron chi connectivity index (χ2n) is 9.57. The Hall–Kier alpha value is -1.63. The Bertz CT molecular complexity index is 805. The molecule has 1 aromatic carbocycles. The molecule has 2 rings (SSSR count). The highest BCUT2D eigenvalue weighted by atomic mass is 32.2. The van der Waals surface area contributed by atoms with Crippen molar-refractivity contribution in [2.75, 3.05) is 12.4 Å². The number of unbranched alkanes of at least 4 members (excludes halogenated alkanes) is 1. The monoisotopic (exact) mass is 439 g/mol. The predicted octanol–water partition coefficient (Wildman–Crippen LogP) is 5.73. The number of nitro benzene ring substituents is 1. The third-order valence-electron chi connectivity index (χ3n) is 6.20. The lowest BCUT2D eigenvalue weighted by Crippen LogP contribution is -2.34. The van der Waals surface area contributed by atoms with E-state index in [0.29, 0.717) is 24.7 Å². The normalized spacial score (nSPS) is 20.1. The molecule has 30 heavy (non-hydrogen) atoms. The van der Waals surface area contributed by atoms with Gasteiger partial charge in [0.25, 0.3) is 5.69 Å². The molecule has 0 spiro atoms. The molecule has 0 aromatic heterocycles. The number of rotatable bonds is 10. The average Bonchev–Trinajstić information content (AvgIpc) is 2.67. The molecule has 170 valence electrons. The van der Waals surface area contributed by atoms with Gasteiger partial charge in [-0.15, -0.1) is 0 Å². The second kappa shape index (κ2) is 10.6. The van der Waals surface area contributed by atoms with E-state index in [1.807, 2.05) is 12.1 Å². The lowest BCUT2D eigenvalue weighted by molar-refractivity contribution is -0.385. The number of benzene rings is 1. The maximum absolute atomic E-state index is 12.5. The Morgan fingerprint density at radius 3 is 2.33 bits per heavy atom. The average molecular weight is 440 g/mol. The van der Waals surface area contributed by atoms with E-state index in [4.69, 9.17) is 4.74 Å². The van der Waals surface area contributed by atoms with Crippen molar-refractivity contribution in [3.8, 4) is 5.75 Å². The summed E-state index contributed by atoms with van der Waals surface area (Å²) in [5, 5.41) is 11.5. The minimum atomic E-state index is -3.08. The lowest BCUT2D eigenvalue weighted by atomic mass is 9.80. The fourth-order valence-corrected chi connectivity index (χ4v) is 5.41. The summed E-state index contributed by atoms with van der Waals surface area (Å²) in [5.41, 5.74) is 0.884. The van der Waals surface area contributed by atoms with Crippen LogP contribution in [-0.2, 0) is 16.3 Å². The van der Waals surface area contributed by atoms with Crippen molar-refractivity contribution in [3.63, 3.8) is 0 Å². The number of hydrogen-bond donors (Lipinski definition) is 0. The zero-order valence-electron chi connectivity index (χ0n) is 18.9. The van der Waals surface area contributed by atoms with Crippen molar-refractivity contribution >= 4 is 15.5 Å². The molecule has 0 aliphatic heterocycles. The molecule has 0 bridgehead atoms. The van der Waals surface area contributed by atoms with Gasteiger partial charge in [0, 0.05) is 5.56 Å². The van der Waals surface area contributed by atoms with Gasteiger partial charge < -0.3 is 4.74 Å². The van der Waals surface area contributed by atoms with Crippen LogP contribution in [0.15, 0.2) is 18.2 Å². The van der Waals surface area contributed by atoms with Crippen LogP contribution in [0.3, 0.4) is 0 Å². The number of sulfone groups is 1. The summed E-state index contributed by atoms with van der Waals surface area (Å²) in [6.07, 6.45) is 7.35. The van der Waals surface area contributed by atoms with Crippen molar-refractivity contribution in [1.29, 1.82) is 0 Å². The summed E-state index contributed by atoms with van der Waals surface area (Å²) in [6.45, 7) is 7.94. The molecule has 0 N–H and O–H groups in total. The van der Waals surface area contributed by atoms with E-state index in [-0.39, 0.29) is 22.3 Å². The van der Waals surface area contributed by atoms with Gasteiger partial charge in [0.05, 0.1) is 28.1 Å². The molecule has 0 atom stereocenters. The van der Waals surface area contributed by atoms with E-state index in [0.717, 1.165) is 50.5 Å². The molecule has 6 nitrogen and oxygen atoms in total. The molecular formula is C23H37NO5S. The highest BCUT2D eigenvalue weighted by Crippen LogP contribution is 2.35. The topological polar surface area (TPSA) is 86.5 Å². The number of aryl methyl sites for hydroxylation is 1. The first kappa shape index (κ1) is 24.6. The Morgan fingerprint density at radius 1 is 1.13 bits per heavy atom. The third-order valence-corrected chi connectivity index (χ3v) is 8.97. The van der Waals surface area contributed by atoms with Crippen LogP contribution in [0.5, 0.6) is 5.75 Å². The first-order valence-electron chi connectivity index (χ1n) is 11.2. The van der Waals surface area contributed by atoms with Gasteiger partial charge in [0.2, 0.25) is 0 Å². The first-order chi connectivity index (χ1) is 14.0. The van der Waals surface area contributed by atoms with E-state index in [2.05, 4.69) is 6.92 Å². The van der Waals surface area contributed by atoms with Gasteiger partial charge in [-0.25, -0.2) is 8.42 Å². The van der Waals surface area contributed by atoms with Gasteiger partial charge in [0.15, 0.2) is 9.84 Å². The number of nitro groups is 1. The molecule has 1 fully saturated rings. The summed E-state index contributed by atoms with van der Waals surface area (Å²) in [4.78, 5) is 11.2. The molecule has 1 aliphatic rings.